The standard InChI is InChI=1S/C29H29NO5/c1-5-34-23-14-8-20(9-15-23)26-25(27(31)21-10-16-24(17-11-21)35-18(2)3)28(32)29(33)30(26)22-12-6-19(4)7-13-22/h6-18,26,31H,5H2,1-4H3/b27-25+. The van der Waals surface area contributed by atoms with Gasteiger partial charge in [0.15, 0.2) is 0 Å². The molecule has 1 N–H and O–H groups in total. The van der Waals surface area contributed by atoms with Gasteiger partial charge in [-0.05, 0) is 81.8 Å². The van der Waals surface area contributed by atoms with Crippen LogP contribution >= 0.6 is 0 Å². The van der Waals surface area contributed by atoms with Gasteiger partial charge in [0.05, 0.1) is 24.3 Å². The summed E-state index contributed by atoms with van der Waals surface area (Å²) in [5, 5.41) is 11.3. The number of aliphatic hydroxyl groups excluding tert-OH is 1. The zero-order valence-electron chi connectivity index (χ0n) is 20.3. The highest BCUT2D eigenvalue weighted by Gasteiger charge is 2.46. The van der Waals surface area contributed by atoms with Gasteiger partial charge in [-0.15, -0.1) is 0 Å². The third-order valence-electron chi connectivity index (χ3n) is 5.76. The molecule has 3 aromatic carbocycles. The lowest BCUT2D eigenvalue weighted by atomic mass is 9.95. The van der Waals surface area contributed by atoms with E-state index in [2.05, 4.69) is 0 Å². The summed E-state index contributed by atoms with van der Waals surface area (Å²) in [6.07, 6.45) is 0.00828. The number of anilines is 1. The van der Waals surface area contributed by atoms with Gasteiger partial charge >= 0.3 is 0 Å². The first-order valence-corrected chi connectivity index (χ1v) is 11.7. The number of Topliss-reactive ketones (excluding diaryl/α,β-unsaturated/α-hetero) is 1. The van der Waals surface area contributed by atoms with Crippen molar-refractivity contribution in [1.82, 2.24) is 0 Å². The van der Waals surface area contributed by atoms with Crippen LogP contribution in [0.4, 0.5) is 5.69 Å². The van der Waals surface area contributed by atoms with Crippen molar-refractivity contribution in [3.05, 3.63) is 95.1 Å². The Morgan fingerprint density at radius 1 is 0.914 bits per heavy atom. The van der Waals surface area contributed by atoms with E-state index in [9.17, 15) is 14.7 Å². The second kappa shape index (κ2) is 10.1. The molecule has 1 unspecified atom stereocenters. The third kappa shape index (κ3) is 4.92. The van der Waals surface area contributed by atoms with Crippen LogP contribution in [0.2, 0.25) is 0 Å². The molecule has 1 saturated heterocycles. The smallest absolute Gasteiger partial charge is 0.300 e. The van der Waals surface area contributed by atoms with Gasteiger partial charge in [-0.1, -0.05) is 29.8 Å². The Kier molecular flexibility index (Phi) is 6.92. The molecular weight excluding hydrogens is 442 g/mol. The number of aryl methyl sites for hydroxylation is 1. The number of carbonyl (C=O) groups excluding carboxylic acids is 2. The van der Waals surface area contributed by atoms with Crippen LogP contribution in [0.5, 0.6) is 11.5 Å². The summed E-state index contributed by atoms with van der Waals surface area (Å²) in [5.41, 5.74) is 2.77. The number of hydrogen-bond donors (Lipinski definition) is 1. The lowest BCUT2D eigenvalue weighted by Gasteiger charge is -2.25. The third-order valence-corrected chi connectivity index (χ3v) is 5.76. The van der Waals surface area contributed by atoms with Crippen molar-refractivity contribution < 1.29 is 24.2 Å². The second-order valence-corrected chi connectivity index (χ2v) is 8.70. The van der Waals surface area contributed by atoms with Crippen LogP contribution in [0.15, 0.2) is 78.4 Å². The molecule has 0 aromatic heterocycles. The van der Waals surface area contributed by atoms with Crippen LogP contribution in [0.3, 0.4) is 0 Å². The maximum absolute atomic E-state index is 13.3. The molecule has 35 heavy (non-hydrogen) atoms. The van der Waals surface area contributed by atoms with Crippen LogP contribution in [0.1, 0.15) is 43.5 Å². The van der Waals surface area contributed by atoms with E-state index < -0.39 is 17.7 Å². The summed E-state index contributed by atoms with van der Waals surface area (Å²) in [5.74, 6) is -0.310. The molecule has 1 atom stereocenters. The number of carbonyl (C=O) groups is 2. The zero-order chi connectivity index (χ0) is 25.1. The highest BCUT2D eigenvalue weighted by atomic mass is 16.5. The molecule has 1 aliphatic rings. The number of ether oxygens (including phenoxy) is 2. The largest absolute Gasteiger partial charge is 0.507 e. The summed E-state index contributed by atoms with van der Waals surface area (Å²) in [4.78, 5) is 28.0. The van der Waals surface area contributed by atoms with Crippen molar-refractivity contribution in [3.8, 4) is 11.5 Å². The minimum absolute atomic E-state index is 0.00828. The fraction of sp³-hybridized carbons (Fsp3) is 0.241. The molecule has 1 aliphatic heterocycles. The van der Waals surface area contributed by atoms with E-state index in [-0.39, 0.29) is 17.4 Å². The fourth-order valence-corrected chi connectivity index (χ4v) is 4.15. The van der Waals surface area contributed by atoms with Gasteiger partial charge in [-0.25, -0.2) is 0 Å². The minimum atomic E-state index is -0.792. The molecule has 6 heteroatoms. The van der Waals surface area contributed by atoms with Crippen LogP contribution in [0, 0.1) is 6.92 Å². The number of rotatable bonds is 7. The molecule has 1 fully saturated rings. The average Bonchev–Trinajstić information content (AvgIpc) is 3.10. The molecule has 0 bridgehead atoms. The fourth-order valence-electron chi connectivity index (χ4n) is 4.15. The first-order chi connectivity index (χ1) is 16.8. The zero-order valence-corrected chi connectivity index (χ0v) is 20.3. The predicted octanol–water partition coefficient (Wildman–Crippen LogP) is 5.81. The summed E-state index contributed by atoms with van der Waals surface area (Å²) in [6, 6.07) is 20.6. The Bertz CT molecular complexity index is 1240. The normalized spacial score (nSPS) is 17.2. The lowest BCUT2D eigenvalue weighted by Crippen LogP contribution is -2.29. The van der Waals surface area contributed by atoms with Crippen molar-refractivity contribution in [2.45, 2.75) is 39.8 Å². The van der Waals surface area contributed by atoms with Crippen LogP contribution in [-0.2, 0) is 9.59 Å². The predicted molar refractivity (Wildman–Crippen MR) is 136 cm³/mol. The maximum Gasteiger partial charge on any atom is 0.300 e. The van der Waals surface area contributed by atoms with E-state index in [1.54, 1.807) is 48.5 Å². The summed E-state index contributed by atoms with van der Waals surface area (Å²) >= 11 is 0. The number of aliphatic hydroxyl groups is 1. The number of hydrogen-bond acceptors (Lipinski definition) is 5. The molecule has 0 aliphatic carbocycles. The molecule has 1 heterocycles. The lowest BCUT2D eigenvalue weighted by molar-refractivity contribution is -0.132. The van der Waals surface area contributed by atoms with E-state index in [0.717, 1.165) is 5.56 Å². The Labute approximate surface area is 205 Å². The van der Waals surface area contributed by atoms with Gasteiger partial charge in [-0.3, -0.25) is 14.5 Å². The van der Waals surface area contributed by atoms with Crippen molar-refractivity contribution >= 4 is 23.1 Å². The molecule has 3 aromatic rings. The number of nitrogens with zero attached hydrogens (tertiary/aromatic N) is 1. The topological polar surface area (TPSA) is 76.1 Å². The van der Waals surface area contributed by atoms with Crippen LogP contribution < -0.4 is 14.4 Å². The van der Waals surface area contributed by atoms with Gasteiger partial charge in [-0.2, -0.15) is 0 Å². The molecule has 0 spiro atoms. The highest BCUT2D eigenvalue weighted by Crippen LogP contribution is 2.42. The summed E-state index contributed by atoms with van der Waals surface area (Å²) < 4.78 is 11.2. The van der Waals surface area contributed by atoms with Gasteiger partial charge in [0, 0.05) is 11.3 Å². The van der Waals surface area contributed by atoms with Crippen molar-refractivity contribution in [1.29, 1.82) is 0 Å². The molecule has 1 amide bonds. The van der Waals surface area contributed by atoms with E-state index in [1.807, 2.05) is 52.0 Å². The Morgan fingerprint density at radius 2 is 1.51 bits per heavy atom. The Morgan fingerprint density at radius 3 is 2.09 bits per heavy atom. The maximum atomic E-state index is 13.3. The van der Waals surface area contributed by atoms with Crippen molar-refractivity contribution in [3.63, 3.8) is 0 Å². The van der Waals surface area contributed by atoms with Crippen molar-refractivity contribution in [2.75, 3.05) is 11.5 Å². The molecular formula is C29H29NO5. The van der Waals surface area contributed by atoms with Crippen LogP contribution in [-0.4, -0.2) is 29.5 Å². The number of ketones is 1. The Hall–Kier alpha value is -4.06. The van der Waals surface area contributed by atoms with Crippen molar-refractivity contribution in [2.24, 2.45) is 0 Å². The first-order valence-electron chi connectivity index (χ1n) is 11.7. The van der Waals surface area contributed by atoms with E-state index in [0.29, 0.717) is 34.9 Å². The highest BCUT2D eigenvalue weighted by molar-refractivity contribution is 6.51. The summed E-state index contributed by atoms with van der Waals surface area (Å²) in [7, 11) is 0. The Balaban J connectivity index is 1.84. The molecule has 0 saturated carbocycles. The molecule has 4 rings (SSSR count). The summed E-state index contributed by atoms with van der Waals surface area (Å²) in [6.45, 7) is 8.23. The van der Waals surface area contributed by atoms with Gasteiger partial charge < -0.3 is 14.6 Å². The van der Waals surface area contributed by atoms with Gasteiger partial charge in [0.2, 0.25) is 0 Å². The first kappa shape index (κ1) is 24.1. The number of amides is 1. The quantitative estimate of drug-likeness (QED) is 0.267. The monoisotopic (exact) mass is 471 g/mol. The van der Waals surface area contributed by atoms with Crippen LogP contribution in [0.25, 0.3) is 5.76 Å². The van der Waals surface area contributed by atoms with E-state index in [1.165, 1.54) is 4.90 Å². The minimum Gasteiger partial charge on any atom is -0.507 e. The average molecular weight is 472 g/mol. The number of benzene rings is 3. The van der Waals surface area contributed by atoms with E-state index >= 15 is 0 Å². The van der Waals surface area contributed by atoms with Gasteiger partial charge in [0.25, 0.3) is 11.7 Å². The van der Waals surface area contributed by atoms with E-state index in [4.69, 9.17) is 9.47 Å². The molecule has 0 radical (unpaired) electrons. The van der Waals surface area contributed by atoms with Gasteiger partial charge in [0.1, 0.15) is 17.3 Å². The second-order valence-electron chi connectivity index (χ2n) is 8.70. The SMILES string of the molecule is CCOc1ccc(C2/C(=C(\O)c3ccc(OC(C)C)cc3)C(=O)C(=O)N2c2ccc(C)cc2)cc1. The molecule has 180 valence electrons. The molecule has 6 nitrogen and oxygen atoms in total.